The molecule has 7 heteroatoms. The Balaban J connectivity index is 1.73. The topological polar surface area (TPSA) is 48.7 Å². The second-order valence-corrected chi connectivity index (χ2v) is 6.51. The molecule has 26 heavy (non-hydrogen) atoms. The lowest BCUT2D eigenvalue weighted by molar-refractivity contribution is 0.0442. The van der Waals surface area contributed by atoms with Gasteiger partial charge in [0.05, 0.1) is 17.2 Å². The van der Waals surface area contributed by atoms with E-state index in [9.17, 15) is 4.79 Å². The zero-order chi connectivity index (χ0) is 18.7. The molecule has 0 aliphatic rings. The number of ether oxygens (including phenoxy) is 2. The smallest absolute Gasteiger partial charge is 0.342 e. The quantitative estimate of drug-likeness (QED) is 0.464. The molecule has 0 saturated heterocycles. The van der Waals surface area contributed by atoms with Gasteiger partial charge in [0.25, 0.3) is 0 Å². The van der Waals surface area contributed by atoms with E-state index in [1.165, 1.54) is 13.2 Å². The molecule has 1 heterocycles. The van der Waals surface area contributed by atoms with Gasteiger partial charge in [-0.2, -0.15) is 0 Å². The van der Waals surface area contributed by atoms with E-state index < -0.39 is 5.97 Å². The Kier molecular flexibility index (Phi) is 5.77. The Bertz CT molecular complexity index is 950. The molecule has 0 atom stereocenters. The molecule has 0 bridgehead atoms. The van der Waals surface area contributed by atoms with Crippen LogP contribution in [0.15, 0.2) is 52.9 Å². The summed E-state index contributed by atoms with van der Waals surface area (Å²) in [6.07, 6.45) is 0. The molecule has 0 unspecified atom stereocenters. The van der Waals surface area contributed by atoms with Crippen molar-refractivity contribution in [1.29, 1.82) is 0 Å². The van der Waals surface area contributed by atoms with Crippen LogP contribution in [0.2, 0.25) is 15.1 Å². The van der Waals surface area contributed by atoms with E-state index in [2.05, 4.69) is 0 Å². The minimum absolute atomic E-state index is 0.0489. The lowest BCUT2D eigenvalue weighted by atomic mass is 10.2. The second-order valence-electron chi connectivity index (χ2n) is 5.29. The standard InChI is InChI=1S/C19H13Cl3O4/c1-24-16-7-5-11(20)9-14(16)19(23)25-10-12-6-8-17(26-12)13-3-2-4-15(21)18(13)22/h2-9H,10H2,1H3. The fraction of sp³-hybridized carbons (Fsp3) is 0.105. The predicted octanol–water partition coefficient (Wildman–Crippen LogP) is 6.27. The van der Waals surface area contributed by atoms with Crippen LogP contribution in [0, 0.1) is 0 Å². The SMILES string of the molecule is COc1ccc(Cl)cc1C(=O)OCc1ccc(-c2cccc(Cl)c2Cl)o1. The van der Waals surface area contributed by atoms with Crippen molar-refractivity contribution in [2.75, 3.05) is 7.11 Å². The molecule has 134 valence electrons. The molecule has 0 radical (unpaired) electrons. The lowest BCUT2D eigenvalue weighted by Gasteiger charge is -2.08. The van der Waals surface area contributed by atoms with Gasteiger partial charge >= 0.3 is 5.97 Å². The van der Waals surface area contributed by atoms with Crippen LogP contribution in [0.4, 0.5) is 0 Å². The molecule has 0 aliphatic carbocycles. The Morgan fingerprint density at radius 1 is 1.08 bits per heavy atom. The largest absolute Gasteiger partial charge is 0.496 e. The highest BCUT2D eigenvalue weighted by molar-refractivity contribution is 6.43. The molecule has 0 aliphatic heterocycles. The van der Waals surface area contributed by atoms with Gasteiger partial charge in [-0.25, -0.2) is 4.79 Å². The van der Waals surface area contributed by atoms with E-state index in [0.29, 0.717) is 37.9 Å². The molecule has 0 fully saturated rings. The van der Waals surface area contributed by atoms with E-state index in [1.807, 2.05) is 0 Å². The summed E-state index contributed by atoms with van der Waals surface area (Å²) in [5.74, 6) is 0.808. The summed E-state index contributed by atoms with van der Waals surface area (Å²) in [6.45, 7) is -0.0489. The number of carbonyl (C=O) groups excluding carboxylic acids is 1. The van der Waals surface area contributed by atoms with E-state index in [4.69, 9.17) is 48.7 Å². The molecule has 2 aromatic carbocycles. The van der Waals surface area contributed by atoms with Gasteiger partial charge in [-0.3, -0.25) is 0 Å². The first-order valence-corrected chi connectivity index (χ1v) is 8.66. The van der Waals surface area contributed by atoms with Crippen LogP contribution >= 0.6 is 34.8 Å². The van der Waals surface area contributed by atoms with Crippen molar-refractivity contribution in [3.63, 3.8) is 0 Å². The number of carbonyl (C=O) groups is 1. The van der Waals surface area contributed by atoms with Gasteiger partial charge < -0.3 is 13.9 Å². The maximum atomic E-state index is 12.3. The first kappa shape index (κ1) is 18.6. The number of esters is 1. The lowest BCUT2D eigenvalue weighted by Crippen LogP contribution is -2.07. The third-order valence-electron chi connectivity index (χ3n) is 3.61. The fourth-order valence-corrected chi connectivity index (χ4v) is 2.91. The zero-order valence-corrected chi connectivity index (χ0v) is 15.9. The summed E-state index contributed by atoms with van der Waals surface area (Å²) in [5.41, 5.74) is 0.901. The van der Waals surface area contributed by atoms with Crippen molar-refractivity contribution in [2.24, 2.45) is 0 Å². The normalized spacial score (nSPS) is 10.6. The minimum Gasteiger partial charge on any atom is -0.496 e. The molecule has 0 amide bonds. The van der Waals surface area contributed by atoms with Crippen LogP contribution < -0.4 is 4.74 Å². The van der Waals surface area contributed by atoms with Crippen molar-refractivity contribution in [1.82, 2.24) is 0 Å². The molecule has 3 aromatic rings. The van der Waals surface area contributed by atoms with Crippen molar-refractivity contribution in [2.45, 2.75) is 6.61 Å². The highest BCUT2D eigenvalue weighted by atomic mass is 35.5. The number of rotatable bonds is 5. The highest BCUT2D eigenvalue weighted by Crippen LogP contribution is 2.34. The summed E-state index contributed by atoms with van der Waals surface area (Å²) < 4.78 is 16.1. The zero-order valence-electron chi connectivity index (χ0n) is 13.6. The first-order chi connectivity index (χ1) is 12.5. The summed E-state index contributed by atoms with van der Waals surface area (Å²) in [4.78, 5) is 12.3. The average Bonchev–Trinajstić information content (AvgIpc) is 3.10. The maximum absolute atomic E-state index is 12.3. The van der Waals surface area contributed by atoms with Crippen LogP contribution in [0.3, 0.4) is 0 Å². The van der Waals surface area contributed by atoms with Crippen LogP contribution in [0.25, 0.3) is 11.3 Å². The van der Waals surface area contributed by atoms with E-state index >= 15 is 0 Å². The van der Waals surface area contributed by atoms with Gasteiger partial charge in [0, 0.05) is 10.6 Å². The van der Waals surface area contributed by atoms with Crippen molar-refractivity contribution >= 4 is 40.8 Å². The van der Waals surface area contributed by atoms with Gasteiger partial charge in [0.15, 0.2) is 0 Å². The van der Waals surface area contributed by atoms with Crippen LogP contribution in [-0.2, 0) is 11.3 Å². The number of hydrogen-bond donors (Lipinski definition) is 0. The third kappa shape index (κ3) is 3.98. The van der Waals surface area contributed by atoms with Crippen molar-refractivity contribution in [3.8, 4) is 17.1 Å². The van der Waals surface area contributed by atoms with Crippen molar-refractivity contribution < 1.29 is 18.7 Å². The Morgan fingerprint density at radius 3 is 2.65 bits per heavy atom. The molecule has 1 aromatic heterocycles. The Morgan fingerprint density at radius 2 is 1.88 bits per heavy atom. The van der Waals surface area contributed by atoms with Gasteiger partial charge in [-0.15, -0.1) is 0 Å². The van der Waals surface area contributed by atoms with E-state index in [1.54, 1.807) is 42.5 Å². The number of halogens is 3. The van der Waals surface area contributed by atoms with Crippen LogP contribution in [0.5, 0.6) is 5.75 Å². The molecule has 0 spiro atoms. The fourth-order valence-electron chi connectivity index (χ4n) is 2.35. The maximum Gasteiger partial charge on any atom is 0.342 e. The predicted molar refractivity (Wildman–Crippen MR) is 101 cm³/mol. The minimum atomic E-state index is -0.567. The summed E-state index contributed by atoms with van der Waals surface area (Å²) in [6, 6.07) is 13.4. The summed E-state index contributed by atoms with van der Waals surface area (Å²) >= 11 is 18.1. The molecule has 4 nitrogen and oxygen atoms in total. The monoisotopic (exact) mass is 410 g/mol. The average molecular weight is 412 g/mol. The van der Waals surface area contributed by atoms with Gasteiger partial charge in [0.2, 0.25) is 0 Å². The second kappa shape index (κ2) is 8.04. The van der Waals surface area contributed by atoms with Crippen molar-refractivity contribution in [3.05, 3.63) is 74.9 Å². The summed E-state index contributed by atoms with van der Waals surface area (Å²) in [5, 5.41) is 1.24. The summed E-state index contributed by atoms with van der Waals surface area (Å²) in [7, 11) is 1.47. The Hall–Kier alpha value is -2.14. The third-order valence-corrected chi connectivity index (χ3v) is 4.66. The van der Waals surface area contributed by atoms with Gasteiger partial charge in [0.1, 0.15) is 29.4 Å². The highest BCUT2D eigenvalue weighted by Gasteiger charge is 2.16. The Labute approximate surface area is 165 Å². The number of furan rings is 1. The molecular weight excluding hydrogens is 399 g/mol. The van der Waals surface area contributed by atoms with Crippen LogP contribution in [0.1, 0.15) is 16.1 Å². The molecule has 0 saturated carbocycles. The van der Waals surface area contributed by atoms with Crippen LogP contribution in [-0.4, -0.2) is 13.1 Å². The van der Waals surface area contributed by atoms with E-state index in [-0.39, 0.29) is 12.2 Å². The van der Waals surface area contributed by atoms with Gasteiger partial charge in [-0.1, -0.05) is 40.9 Å². The van der Waals surface area contributed by atoms with E-state index in [0.717, 1.165) is 0 Å². The van der Waals surface area contributed by atoms with Gasteiger partial charge in [-0.05, 0) is 42.5 Å². The molecule has 0 N–H and O–H groups in total. The molecular formula is C19H13Cl3O4. The first-order valence-electron chi connectivity index (χ1n) is 7.53. The number of hydrogen-bond acceptors (Lipinski definition) is 4. The number of methoxy groups -OCH3 is 1. The molecule has 3 rings (SSSR count). The number of benzene rings is 2.